The van der Waals surface area contributed by atoms with Gasteiger partial charge in [0.15, 0.2) is 0 Å². The van der Waals surface area contributed by atoms with E-state index in [0.717, 1.165) is 5.56 Å². The first-order chi connectivity index (χ1) is 9.52. The zero-order chi connectivity index (χ0) is 14.7. The maximum Gasteiger partial charge on any atom is 0.135 e. The highest BCUT2D eigenvalue weighted by atomic mass is 19.1. The van der Waals surface area contributed by atoms with E-state index in [2.05, 4.69) is 0 Å². The maximum atomic E-state index is 13.6. The van der Waals surface area contributed by atoms with Gasteiger partial charge in [-0.2, -0.15) is 0 Å². The predicted octanol–water partition coefficient (Wildman–Crippen LogP) is 3.95. The zero-order valence-corrected chi connectivity index (χ0v) is 11.8. The highest BCUT2D eigenvalue weighted by Crippen LogP contribution is 2.35. The van der Waals surface area contributed by atoms with Crippen LogP contribution >= 0.6 is 0 Å². The lowest BCUT2D eigenvalue weighted by Gasteiger charge is -2.17. The Morgan fingerprint density at radius 3 is 2.45 bits per heavy atom. The molecule has 0 saturated carbocycles. The Hall–Kier alpha value is -2.07. The number of ether oxygens (including phenoxy) is 2. The Morgan fingerprint density at radius 2 is 1.85 bits per heavy atom. The zero-order valence-electron chi connectivity index (χ0n) is 11.8. The Labute approximate surface area is 118 Å². The van der Waals surface area contributed by atoms with Crippen LogP contribution in [0.25, 0.3) is 0 Å². The van der Waals surface area contributed by atoms with Gasteiger partial charge in [-0.15, -0.1) is 0 Å². The minimum Gasteiger partial charge on any atom is -0.496 e. The monoisotopic (exact) mass is 275 g/mol. The normalized spacial score (nSPS) is 12.1. The first-order valence-electron chi connectivity index (χ1n) is 6.39. The van der Waals surface area contributed by atoms with E-state index < -0.39 is 0 Å². The molecule has 0 aromatic heterocycles. The number of rotatable bonds is 4. The SMILES string of the molecule is COc1cccc(Oc2ccc(C)c(F)c2)c1C(C)N. The molecule has 0 saturated heterocycles. The van der Waals surface area contributed by atoms with Crippen molar-refractivity contribution in [3.63, 3.8) is 0 Å². The molecular formula is C16H18FNO2. The first-order valence-corrected chi connectivity index (χ1v) is 6.39. The fourth-order valence-corrected chi connectivity index (χ4v) is 2.00. The van der Waals surface area contributed by atoms with Crippen molar-refractivity contribution >= 4 is 0 Å². The van der Waals surface area contributed by atoms with E-state index in [1.807, 2.05) is 19.1 Å². The van der Waals surface area contributed by atoms with Crippen LogP contribution in [0.2, 0.25) is 0 Å². The molecule has 1 atom stereocenters. The summed E-state index contributed by atoms with van der Waals surface area (Å²) in [6.45, 7) is 3.55. The number of methoxy groups -OCH3 is 1. The first kappa shape index (κ1) is 14.3. The second-order valence-electron chi connectivity index (χ2n) is 4.67. The van der Waals surface area contributed by atoms with Crippen LogP contribution in [0.15, 0.2) is 36.4 Å². The van der Waals surface area contributed by atoms with E-state index in [0.29, 0.717) is 22.8 Å². The molecule has 0 radical (unpaired) electrons. The van der Waals surface area contributed by atoms with Crippen LogP contribution in [0.3, 0.4) is 0 Å². The maximum absolute atomic E-state index is 13.6. The van der Waals surface area contributed by atoms with Crippen molar-refractivity contribution in [2.45, 2.75) is 19.9 Å². The van der Waals surface area contributed by atoms with Crippen molar-refractivity contribution in [3.05, 3.63) is 53.3 Å². The number of hydrogen-bond donors (Lipinski definition) is 1. The van der Waals surface area contributed by atoms with E-state index in [1.165, 1.54) is 6.07 Å². The van der Waals surface area contributed by atoms with Crippen LogP contribution in [-0.4, -0.2) is 7.11 Å². The fraction of sp³-hybridized carbons (Fsp3) is 0.250. The van der Waals surface area contributed by atoms with Crippen molar-refractivity contribution in [2.24, 2.45) is 5.73 Å². The standard InChI is InChI=1S/C16H18FNO2/c1-10-7-8-12(9-13(10)17)20-15-6-4-5-14(19-3)16(15)11(2)18/h4-9,11H,18H2,1-3H3. The molecule has 0 aliphatic rings. The molecule has 4 heteroatoms. The highest BCUT2D eigenvalue weighted by Gasteiger charge is 2.15. The van der Waals surface area contributed by atoms with Gasteiger partial charge in [0.25, 0.3) is 0 Å². The molecule has 0 heterocycles. The third-order valence-electron chi connectivity index (χ3n) is 3.07. The molecule has 0 aliphatic heterocycles. The quantitative estimate of drug-likeness (QED) is 0.918. The summed E-state index contributed by atoms with van der Waals surface area (Å²) in [6, 6.07) is 9.93. The molecule has 2 rings (SSSR count). The number of nitrogens with two attached hydrogens (primary N) is 1. The van der Waals surface area contributed by atoms with Crippen molar-refractivity contribution in [3.8, 4) is 17.2 Å². The lowest BCUT2D eigenvalue weighted by atomic mass is 10.1. The lowest BCUT2D eigenvalue weighted by molar-refractivity contribution is 0.397. The van der Waals surface area contributed by atoms with Crippen LogP contribution in [-0.2, 0) is 0 Å². The van der Waals surface area contributed by atoms with Crippen molar-refractivity contribution in [1.29, 1.82) is 0 Å². The van der Waals surface area contributed by atoms with Gasteiger partial charge in [-0.3, -0.25) is 0 Å². The summed E-state index contributed by atoms with van der Waals surface area (Å²) in [5.41, 5.74) is 7.30. The molecule has 0 aliphatic carbocycles. The van der Waals surface area contributed by atoms with Crippen molar-refractivity contribution in [2.75, 3.05) is 7.11 Å². The van der Waals surface area contributed by atoms with Gasteiger partial charge < -0.3 is 15.2 Å². The van der Waals surface area contributed by atoms with Crippen LogP contribution in [0.1, 0.15) is 24.1 Å². The Balaban J connectivity index is 2.40. The summed E-state index contributed by atoms with van der Waals surface area (Å²) < 4.78 is 24.6. The molecule has 106 valence electrons. The van der Waals surface area contributed by atoms with Gasteiger partial charge in [-0.05, 0) is 37.6 Å². The molecule has 20 heavy (non-hydrogen) atoms. The molecule has 0 spiro atoms. The van der Waals surface area contributed by atoms with Crippen LogP contribution in [0.5, 0.6) is 17.2 Å². The van der Waals surface area contributed by atoms with E-state index in [4.69, 9.17) is 15.2 Å². The molecule has 0 amide bonds. The minimum absolute atomic E-state index is 0.253. The summed E-state index contributed by atoms with van der Waals surface area (Å²) in [5.74, 6) is 1.36. The lowest BCUT2D eigenvalue weighted by Crippen LogP contribution is -2.08. The van der Waals surface area contributed by atoms with Crippen LogP contribution < -0.4 is 15.2 Å². The Bertz CT molecular complexity index is 611. The summed E-state index contributed by atoms with van der Waals surface area (Å²) in [7, 11) is 1.58. The summed E-state index contributed by atoms with van der Waals surface area (Å²) in [4.78, 5) is 0. The number of aryl methyl sites for hydroxylation is 1. The summed E-state index contributed by atoms with van der Waals surface area (Å²) in [6.07, 6.45) is 0. The number of hydrogen-bond acceptors (Lipinski definition) is 3. The molecule has 2 aromatic rings. The molecule has 1 unspecified atom stereocenters. The molecular weight excluding hydrogens is 257 g/mol. The largest absolute Gasteiger partial charge is 0.496 e. The van der Waals surface area contributed by atoms with Crippen molar-refractivity contribution < 1.29 is 13.9 Å². The van der Waals surface area contributed by atoms with E-state index in [1.54, 1.807) is 32.2 Å². The minimum atomic E-state index is -0.298. The molecule has 2 aromatic carbocycles. The third-order valence-corrected chi connectivity index (χ3v) is 3.07. The van der Waals surface area contributed by atoms with Crippen LogP contribution in [0.4, 0.5) is 4.39 Å². The molecule has 0 fully saturated rings. The van der Waals surface area contributed by atoms with E-state index in [-0.39, 0.29) is 11.9 Å². The van der Waals surface area contributed by atoms with Gasteiger partial charge in [0.05, 0.1) is 12.7 Å². The fourth-order valence-electron chi connectivity index (χ4n) is 2.00. The number of benzene rings is 2. The molecule has 0 bridgehead atoms. The Morgan fingerprint density at radius 1 is 1.15 bits per heavy atom. The second kappa shape index (κ2) is 5.92. The topological polar surface area (TPSA) is 44.5 Å². The van der Waals surface area contributed by atoms with Gasteiger partial charge in [0, 0.05) is 12.1 Å². The second-order valence-corrected chi connectivity index (χ2v) is 4.67. The van der Waals surface area contributed by atoms with E-state index >= 15 is 0 Å². The third kappa shape index (κ3) is 2.91. The molecule has 3 nitrogen and oxygen atoms in total. The summed E-state index contributed by atoms with van der Waals surface area (Å²) >= 11 is 0. The van der Waals surface area contributed by atoms with Crippen LogP contribution in [0, 0.1) is 12.7 Å². The Kier molecular flexibility index (Phi) is 4.25. The predicted molar refractivity (Wildman–Crippen MR) is 76.8 cm³/mol. The van der Waals surface area contributed by atoms with Gasteiger partial charge in [-0.25, -0.2) is 4.39 Å². The van der Waals surface area contributed by atoms with Gasteiger partial charge in [0.2, 0.25) is 0 Å². The van der Waals surface area contributed by atoms with Gasteiger partial charge in [-0.1, -0.05) is 12.1 Å². The number of halogens is 1. The average Bonchev–Trinajstić information content (AvgIpc) is 2.42. The summed E-state index contributed by atoms with van der Waals surface area (Å²) in [5, 5.41) is 0. The van der Waals surface area contributed by atoms with Crippen molar-refractivity contribution in [1.82, 2.24) is 0 Å². The van der Waals surface area contributed by atoms with E-state index in [9.17, 15) is 4.39 Å². The highest BCUT2D eigenvalue weighted by molar-refractivity contribution is 5.48. The van der Waals surface area contributed by atoms with Gasteiger partial charge in [0.1, 0.15) is 23.1 Å². The van der Waals surface area contributed by atoms with Gasteiger partial charge >= 0.3 is 0 Å². The molecule has 2 N–H and O–H groups in total. The smallest absolute Gasteiger partial charge is 0.135 e. The average molecular weight is 275 g/mol.